The first-order chi connectivity index (χ1) is 9.23. The van der Waals surface area contributed by atoms with Crippen molar-refractivity contribution in [3.63, 3.8) is 0 Å². The molecule has 0 saturated heterocycles. The van der Waals surface area contributed by atoms with Crippen molar-refractivity contribution in [2.45, 2.75) is 19.1 Å². The zero-order chi connectivity index (χ0) is 15.4. The Bertz CT molecular complexity index is 560. The van der Waals surface area contributed by atoms with Gasteiger partial charge in [0.25, 0.3) is 11.6 Å². The molecule has 8 nitrogen and oxygen atoms in total. The molecule has 0 fully saturated rings. The molecule has 0 saturated carbocycles. The number of aliphatic hydroxyl groups excluding tert-OH is 1. The standard InChI is InChI=1S/C11H11FN2O6/c1-5(15)9(11(17)18)13-10(16)7-4-6(14(19)20)2-3-8(7)12/h2-5,9,15H,1H3,(H,13,16)(H,17,18)/t5-,9+/m1/s1. The van der Waals surface area contributed by atoms with E-state index < -0.39 is 46.0 Å². The van der Waals surface area contributed by atoms with Crippen LogP contribution in [-0.2, 0) is 4.79 Å². The molecule has 0 heterocycles. The molecule has 1 aromatic rings. The van der Waals surface area contributed by atoms with Crippen molar-refractivity contribution >= 4 is 17.6 Å². The first-order valence-corrected chi connectivity index (χ1v) is 5.39. The summed E-state index contributed by atoms with van der Waals surface area (Å²) in [6.07, 6.45) is -1.42. The fraction of sp³-hybridized carbons (Fsp3) is 0.273. The molecule has 0 radical (unpaired) electrons. The van der Waals surface area contributed by atoms with Crippen LogP contribution in [0.15, 0.2) is 18.2 Å². The van der Waals surface area contributed by atoms with Crippen LogP contribution < -0.4 is 5.32 Å². The van der Waals surface area contributed by atoms with Crippen LogP contribution in [0.3, 0.4) is 0 Å². The quantitative estimate of drug-likeness (QED) is 0.527. The number of non-ortho nitro benzene ring substituents is 1. The number of aliphatic carboxylic acids is 1. The molecule has 1 rings (SSSR count). The molecule has 20 heavy (non-hydrogen) atoms. The molecule has 1 aromatic carbocycles. The molecular formula is C11H11FN2O6. The lowest BCUT2D eigenvalue weighted by Crippen LogP contribution is -2.47. The minimum atomic E-state index is -1.65. The van der Waals surface area contributed by atoms with Crippen LogP contribution in [0.4, 0.5) is 10.1 Å². The van der Waals surface area contributed by atoms with Gasteiger partial charge in [0.2, 0.25) is 0 Å². The van der Waals surface area contributed by atoms with Gasteiger partial charge in [0, 0.05) is 12.1 Å². The third kappa shape index (κ3) is 3.48. The second-order valence-corrected chi connectivity index (χ2v) is 3.95. The van der Waals surface area contributed by atoms with Gasteiger partial charge < -0.3 is 15.5 Å². The van der Waals surface area contributed by atoms with Gasteiger partial charge in [-0.15, -0.1) is 0 Å². The number of rotatable bonds is 5. The van der Waals surface area contributed by atoms with E-state index in [-0.39, 0.29) is 0 Å². The van der Waals surface area contributed by atoms with Crippen molar-refractivity contribution < 1.29 is 29.1 Å². The number of nitrogens with one attached hydrogen (secondary N) is 1. The van der Waals surface area contributed by atoms with Crippen LogP contribution in [0.2, 0.25) is 0 Å². The summed E-state index contributed by atoms with van der Waals surface area (Å²) in [5.74, 6) is -3.72. The van der Waals surface area contributed by atoms with Crippen LogP contribution in [0.25, 0.3) is 0 Å². The molecule has 0 aliphatic rings. The van der Waals surface area contributed by atoms with Crippen molar-refractivity contribution in [3.05, 3.63) is 39.7 Å². The third-order valence-corrected chi connectivity index (χ3v) is 2.44. The average Bonchev–Trinajstić information content (AvgIpc) is 2.34. The number of carbonyl (C=O) groups excluding carboxylic acids is 1. The normalized spacial score (nSPS) is 13.3. The monoisotopic (exact) mass is 286 g/mol. The molecule has 2 atom stereocenters. The SMILES string of the molecule is C[C@@H](O)[C@H](NC(=O)c1cc([N+](=O)[O-])ccc1F)C(=O)O. The Kier molecular flexibility index (Phi) is 4.70. The van der Waals surface area contributed by atoms with Crippen molar-refractivity contribution in [1.29, 1.82) is 0 Å². The molecular weight excluding hydrogens is 275 g/mol. The lowest BCUT2D eigenvalue weighted by Gasteiger charge is -2.17. The van der Waals surface area contributed by atoms with E-state index >= 15 is 0 Å². The number of amides is 1. The molecule has 1 amide bonds. The van der Waals surface area contributed by atoms with Gasteiger partial charge in [-0.25, -0.2) is 9.18 Å². The molecule has 0 aliphatic carbocycles. The maximum Gasteiger partial charge on any atom is 0.328 e. The number of carboxylic acids is 1. The Labute approximate surface area is 112 Å². The molecule has 0 bridgehead atoms. The second kappa shape index (κ2) is 6.06. The molecule has 0 unspecified atom stereocenters. The Hall–Kier alpha value is -2.55. The summed E-state index contributed by atoms with van der Waals surface area (Å²) in [5, 5.41) is 30.4. The van der Waals surface area contributed by atoms with Crippen LogP contribution in [-0.4, -0.2) is 39.2 Å². The van der Waals surface area contributed by atoms with E-state index in [0.29, 0.717) is 6.07 Å². The third-order valence-electron chi connectivity index (χ3n) is 2.44. The summed E-state index contributed by atoms with van der Waals surface area (Å²) in [6.45, 7) is 1.13. The number of hydrogen-bond donors (Lipinski definition) is 3. The van der Waals surface area contributed by atoms with Crippen molar-refractivity contribution in [2.24, 2.45) is 0 Å². The highest BCUT2D eigenvalue weighted by molar-refractivity contribution is 5.97. The van der Waals surface area contributed by atoms with Gasteiger partial charge in [-0.2, -0.15) is 0 Å². The fourth-order valence-electron chi connectivity index (χ4n) is 1.41. The number of aliphatic hydroxyl groups is 1. The maximum absolute atomic E-state index is 13.4. The van der Waals surface area contributed by atoms with Gasteiger partial charge in [0.15, 0.2) is 6.04 Å². The van der Waals surface area contributed by atoms with Crippen LogP contribution in [0, 0.1) is 15.9 Å². The zero-order valence-electron chi connectivity index (χ0n) is 10.2. The van der Waals surface area contributed by atoms with Gasteiger partial charge >= 0.3 is 5.97 Å². The Morgan fingerprint density at radius 2 is 2.05 bits per heavy atom. The van der Waals surface area contributed by atoms with Crippen LogP contribution >= 0.6 is 0 Å². The fourth-order valence-corrected chi connectivity index (χ4v) is 1.41. The predicted octanol–water partition coefficient (Wildman–Crippen LogP) is 0.298. The van der Waals surface area contributed by atoms with E-state index in [4.69, 9.17) is 5.11 Å². The molecule has 0 aromatic heterocycles. The predicted molar refractivity (Wildman–Crippen MR) is 63.6 cm³/mol. The average molecular weight is 286 g/mol. The Morgan fingerprint density at radius 3 is 2.50 bits per heavy atom. The molecule has 9 heteroatoms. The molecule has 3 N–H and O–H groups in total. The smallest absolute Gasteiger partial charge is 0.328 e. The summed E-state index contributed by atoms with van der Waals surface area (Å²) < 4.78 is 13.4. The van der Waals surface area contributed by atoms with Gasteiger partial charge in [-0.3, -0.25) is 14.9 Å². The summed E-state index contributed by atoms with van der Waals surface area (Å²) in [6, 6.07) is 0.632. The van der Waals surface area contributed by atoms with E-state index in [2.05, 4.69) is 0 Å². The topological polar surface area (TPSA) is 130 Å². The minimum absolute atomic E-state index is 0.513. The summed E-state index contributed by atoms with van der Waals surface area (Å²) in [4.78, 5) is 32.2. The van der Waals surface area contributed by atoms with Gasteiger partial charge in [-0.1, -0.05) is 0 Å². The van der Waals surface area contributed by atoms with Gasteiger partial charge in [0.1, 0.15) is 5.82 Å². The number of hydrogen-bond acceptors (Lipinski definition) is 5. The highest BCUT2D eigenvalue weighted by Crippen LogP contribution is 2.17. The van der Waals surface area contributed by atoms with Gasteiger partial charge in [-0.05, 0) is 13.0 Å². The van der Waals surface area contributed by atoms with Crippen LogP contribution in [0.5, 0.6) is 0 Å². The number of nitro benzene ring substituents is 1. The number of carbonyl (C=O) groups is 2. The zero-order valence-corrected chi connectivity index (χ0v) is 10.2. The molecule has 0 spiro atoms. The molecule has 108 valence electrons. The summed E-state index contributed by atoms with van der Waals surface area (Å²) >= 11 is 0. The Morgan fingerprint density at radius 1 is 1.45 bits per heavy atom. The first-order valence-electron chi connectivity index (χ1n) is 5.39. The second-order valence-electron chi connectivity index (χ2n) is 3.95. The molecule has 0 aliphatic heterocycles. The van der Waals surface area contributed by atoms with Crippen molar-refractivity contribution in [1.82, 2.24) is 5.32 Å². The van der Waals surface area contributed by atoms with E-state index in [0.717, 1.165) is 19.1 Å². The number of nitrogens with zero attached hydrogens (tertiary/aromatic N) is 1. The first kappa shape index (κ1) is 15.5. The Balaban J connectivity index is 3.05. The van der Waals surface area contributed by atoms with Crippen molar-refractivity contribution in [3.8, 4) is 0 Å². The largest absolute Gasteiger partial charge is 0.480 e. The lowest BCUT2D eigenvalue weighted by molar-refractivity contribution is -0.384. The summed E-state index contributed by atoms with van der Waals surface area (Å²) in [7, 11) is 0. The number of benzene rings is 1. The number of carboxylic acid groups (broad SMARTS) is 1. The maximum atomic E-state index is 13.4. The van der Waals surface area contributed by atoms with E-state index in [1.54, 1.807) is 0 Å². The summed E-state index contributed by atoms with van der Waals surface area (Å²) in [5.41, 5.74) is -1.19. The minimum Gasteiger partial charge on any atom is -0.480 e. The van der Waals surface area contributed by atoms with E-state index in [1.165, 1.54) is 0 Å². The number of nitro groups is 1. The number of halogens is 1. The van der Waals surface area contributed by atoms with E-state index in [1.807, 2.05) is 5.32 Å². The highest BCUT2D eigenvalue weighted by atomic mass is 19.1. The van der Waals surface area contributed by atoms with E-state index in [9.17, 15) is 29.2 Å². The van der Waals surface area contributed by atoms with Crippen LogP contribution in [0.1, 0.15) is 17.3 Å². The van der Waals surface area contributed by atoms with Gasteiger partial charge in [0.05, 0.1) is 16.6 Å². The van der Waals surface area contributed by atoms with Crippen molar-refractivity contribution in [2.75, 3.05) is 0 Å². The highest BCUT2D eigenvalue weighted by Gasteiger charge is 2.27. The lowest BCUT2D eigenvalue weighted by atomic mass is 10.1.